The lowest BCUT2D eigenvalue weighted by molar-refractivity contribution is -0.166. The third-order valence-electron chi connectivity index (χ3n) is 5.50. The summed E-state index contributed by atoms with van der Waals surface area (Å²) in [5.41, 5.74) is 4.55. The minimum Gasteiger partial charge on any atom is -0.479 e. The molecule has 0 aliphatic carbocycles. The number of ether oxygens (including phenoxy) is 1. The van der Waals surface area contributed by atoms with Gasteiger partial charge in [0.05, 0.1) is 18.2 Å². The molecule has 2 aromatic heterocycles. The van der Waals surface area contributed by atoms with Crippen LogP contribution < -0.4 is 0 Å². The first-order valence-corrected chi connectivity index (χ1v) is 9.74. The first-order valence-electron chi connectivity index (χ1n) is 9.74. The van der Waals surface area contributed by atoms with Crippen LogP contribution in [0.1, 0.15) is 30.3 Å². The smallest absolute Gasteiger partial charge is 0.334 e. The SMILES string of the molecule is Cc1nc2c3ccccc3nn2c(C)c1CCC(=O)N1CC(C(=O)O)O[C@H](C)C1. The summed E-state index contributed by atoms with van der Waals surface area (Å²) in [4.78, 5) is 30.3. The fourth-order valence-corrected chi connectivity index (χ4v) is 4.02. The monoisotopic (exact) mass is 396 g/mol. The van der Waals surface area contributed by atoms with Gasteiger partial charge in [-0.2, -0.15) is 5.10 Å². The maximum atomic E-state index is 12.7. The third kappa shape index (κ3) is 3.55. The normalized spacial score (nSPS) is 19.8. The lowest BCUT2D eigenvalue weighted by atomic mass is 10.1. The van der Waals surface area contributed by atoms with E-state index in [0.717, 1.165) is 33.5 Å². The zero-order chi connectivity index (χ0) is 20.7. The Bertz CT molecular complexity index is 1110. The Balaban J connectivity index is 1.56. The molecule has 0 saturated carbocycles. The van der Waals surface area contributed by atoms with Crippen LogP contribution in [0.2, 0.25) is 0 Å². The molecule has 1 fully saturated rings. The molecule has 8 heteroatoms. The molecule has 8 nitrogen and oxygen atoms in total. The number of aryl methyl sites for hydroxylation is 2. The summed E-state index contributed by atoms with van der Waals surface area (Å²) in [7, 11) is 0. The van der Waals surface area contributed by atoms with E-state index >= 15 is 0 Å². The van der Waals surface area contributed by atoms with Crippen molar-refractivity contribution in [1.29, 1.82) is 0 Å². The predicted molar refractivity (Wildman–Crippen MR) is 107 cm³/mol. The molecule has 1 aliphatic heterocycles. The van der Waals surface area contributed by atoms with Crippen molar-refractivity contribution >= 4 is 28.4 Å². The van der Waals surface area contributed by atoms with Crippen molar-refractivity contribution in [1.82, 2.24) is 19.5 Å². The number of hydrogen-bond acceptors (Lipinski definition) is 5. The number of carboxylic acids is 1. The van der Waals surface area contributed by atoms with Crippen LogP contribution in [0.15, 0.2) is 24.3 Å². The fraction of sp³-hybridized carbons (Fsp3) is 0.429. The van der Waals surface area contributed by atoms with Gasteiger partial charge in [-0.15, -0.1) is 0 Å². The van der Waals surface area contributed by atoms with Crippen molar-refractivity contribution in [3.05, 3.63) is 41.2 Å². The Hall–Kier alpha value is -3.00. The van der Waals surface area contributed by atoms with Crippen molar-refractivity contribution < 1.29 is 19.4 Å². The Morgan fingerprint density at radius 3 is 2.76 bits per heavy atom. The molecule has 1 aliphatic rings. The van der Waals surface area contributed by atoms with E-state index in [1.165, 1.54) is 0 Å². The molecule has 1 saturated heterocycles. The fourth-order valence-electron chi connectivity index (χ4n) is 4.02. The summed E-state index contributed by atoms with van der Waals surface area (Å²) in [5, 5.41) is 14.9. The van der Waals surface area contributed by atoms with Crippen LogP contribution in [-0.4, -0.2) is 61.8 Å². The van der Waals surface area contributed by atoms with E-state index in [2.05, 4.69) is 5.10 Å². The van der Waals surface area contributed by atoms with Gasteiger partial charge < -0.3 is 14.7 Å². The number of rotatable bonds is 4. The Morgan fingerprint density at radius 2 is 2.00 bits per heavy atom. The molecule has 1 aromatic carbocycles. The highest BCUT2D eigenvalue weighted by atomic mass is 16.5. The van der Waals surface area contributed by atoms with Gasteiger partial charge in [-0.05, 0) is 44.9 Å². The predicted octanol–water partition coefficient (Wildman–Crippen LogP) is 2.13. The quantitative estimate of drug-likeness (QED) is 0.726. The summed E-state index contributed by atoms with van der Waals surface area (Å²) in [6.07, 6.45) is -0.458. The summed E-state index contributed by atoms with van der Waals surface area (Å²) in [6, 6.07) is 7.88. The number of carbonyl (C=O) groups is 2. The van der Waals surface area contributed by atoms with Crippen molar-refractivity contribution in [2.75, 3.05) is 13.1 Å². The van der Waals surface area contributed by atoms with Gasteiger partial charge in [0.1, 0.15) is 0 Å². The zero-order valence-electron chi connectivity index (χ0n) is 16.8. The van der Waals surface area contributed by atoms with Crippen molar-refractivity contribution in [2.24, 2.45) is 0 Å². The van der Waals surface area contributed by atoms with Crippen LogP contribution in [0.5, 0.6) is 0 Å². The van der Waals surface area contributed by atoms with E-state index in [1.807, 2.05) is 42.6 Å². The number of amides is 1. The molecule has 0 spiro atoms. The number of nitrogens with zero attached hydrogens (tertiary/aromatic N) is 4. The van der Waals surface area contributed by atoms with Gasteiger partial charge in [0.2, 0.25) is 5.91 Å². The minimum absolute atomic E-state index is 0.0732. The molecule has 1 unspecified atom stereocenters. The molecule has 2 atom stereocenters. The number of morpholine rings is 1. The molecule has 4 rings (SSSR count). The van der Waals surface area contributed by atoms with E-state index in [4.69, 9.17) is 9.72 Å². The largest absolute Gasteiger partial charge is 0.479 e. The Morgan fingerprint density at radius 1 is 1.24 bits per heavy atom. The van der Waals surface area contributed by atoms with Gasteiger partial charge in [-0.3, -0.25) is 4.79 Å². The molecule has 29 heavy (non-hydrogen) atoms. The molecule has 152 valence electrons. The summed E-state index contributed by atoms with van der Waals surface area (Å²) >= 11 is 0. The van der Waals surface area contributed by atoms with Gasteiger partial charge in [0.15, 0.2) is 11.8 Å². The Labute approximate surface area is 168 Å². The number of fused-ring (bicyclic) bond motifs is 3. The highest BCUT2D eigenvalue weighted by Gasteiger charge is 2.32. The second-order valence-electron chi connectivity index (χ2n) is 7.59. The van der Waals surface area contributed by atoms with Gasteiger partial charge in [-0.25, -0.2) is 14.3 Å². The molecule has 3 aromatic rings. The first-order chi connectivity index (χ1) is 13.8. The maximum absolute atomic E-state index is 12.7. The second-order valence-corrected chi connectivity index (χ2v) is 7.59. The third-order valence-corrected chi connectivity index (χ3v) is 5.50. The van der Waals surface area contributed by atoms with Crippen molar-refractivity contribution in [2.45, 2.75) is 45.8 Å². The van der Waals surface area contributed by atoms with Gasteiger partial charge in [-0.1, -0.05) is 12.1 Å². The number of carbonyl (C=O) groups excluding carboxylic acids is 1. The summed E-state index contributed by atoms with van der Waals surface area (Å²) < 4.78 is 7.23. The standard InChI is InChI=1S/C21H24N4O4/c1-12-10-24(11-18(29-12)21(27)28)19(26)9-8-15-13(2)22-20-16-6-4-5-7-17(16)23-25(20)14(15)3/h4-7,12,18H,8-11H2,1-3H3,(H,27,28)/t12-,18?/m1/s1. The molecule has 1 amide bonds. The molecular formula is C21H24N4O4. The van der Waals surface area contributed by atoms with Crippen LogP contribution >= 0.6 is 0 Å². The van der Waals surface area contributed by atoms with Gasteiger partial charge in [0, 0.05) is 29.7 Å². The topological polar surface area (TPSA) is 97.0 Å². The number of hydrogen-bond donors (Lipinski definition) is 1. The van der Waals surface area contributed by atoms with Crippen LogP contribution in [0.25, 0.3) is 16.6 Å². The molecule has 0 bridgehead atoms. The number of aliphatic carboxylic acids is 1. The van der Waals surface area contributed by atoms with Crippen molar-refractivity contribution in [3.8, 4) is 0 Å². The van der Waals surface area contributed by atoms with E-state index in [1.54, 1.807) is 11.8 Å². The lowest BCUT2D eigenvalue weighted by Crippen LogP contribution is -2.51. The minimum atomic E-state index is -1.04. The average Bonchev–Trinajstić information content (AvgIpc) is 3.06. The van der Waals surface area contributed by atoms with Gasteiger partial charge >= 0.3 is 5.97 Å². The van der Waals surface area contributed by atoms with Crippen molar-refractivity contribution in [3.63, 3.8) is 0 Å². The molecular weight excluding hydrogens is 372 g/mol. The highest BCUT2D eigenvalue weighted by molar-refractivity contribution is 5.92. The average molecular weight is 396 g/mol. The van der Waals surface area contributed by atoms with E-state index in [-0.39, 0.29) is 25.0 Å². The van der Waals surface area contributed by atoms with Gasteiger partial charge in [0.25, 0.3) is 0 Å². The molecule has 3 heterocycles. The number of carboxylic acid groups (broad SMARTS) is 1. The van der Waals surface area contributed by atoms with Crippen LogP contribution in [-0.2, 0) is 20.7 Å². The van der Waals surface area contributed by atoms with Crippen LogP contribution in [0.4, 0.5) is 0 Å². The highest BCUT2D eigenvalue weighted by Crippen LogP contribution is 2.23. The summed E-state index contributed by atoms with van der Waals surface area (Å²) in [6.45, 7) is 6.21. The van der Waals surface area contributed by atoms with Crippen LogP contribution in [0, 0.1) is 13.8 Å². The zero-order valence-corrected chi connectivity index (χ0v) is 16.8. The molecule has 1 N–H and O–H groups in total. The van der Waals surface area contributed by atoms with E-state index in [0.29, 0.717) is 13.0 Å². The molecule has 0 radical (unpaired) electrons. The summed E-state index contributed by atoms with van der Waals surface area (Å²) in [5.74, 6) is -1.11. The first kappa shape index (κ1) is 19.3. The number of aromatic nitrogens is 3. The van der Waals surface area contributed by atoms with E-state index in [9.17, 15) is 14.7 Å². The lowest BCUT2D eigenvalue weighted by Gasteiger charge is -2.35. The second kappa shape index (κ2) is 7.44. The van der Waals surface area contributed by atoms with Crippen LogP contribution in [0.3, 0.4) is 0 Å². The Kier molecular flexibility index (Phi) is 4.96. The maximum Gasteiger partial charge on any atom is 0.334 e. The number of benzene rings is 1. The van der Waals surface area contributed by atoms with E-state index < -0.39 is 12.1 Å².